The van der Waals surface area contributed by atoms with Crippen molar-refractivity contribution in [1.29, 1.82) is 0 Å². The highest BCUT2D eigenvalue weighted by Gasteiger charge is 2.47. The minimum atomic E-state index is 0.251. The maximum Gasteiger partial charge on any atom is 0.223 e. The van der Waals surface area contributed by atoms with Crippen molar-refractivity contribution < 1.29 is 4.79 Å². The molecule has 0 heterocycles. The van der Waals surface area contributed by atoms with Crippen molar-refractivity contribution in [3.05, 3.63) is 0 Å². The first kappa shape index (κ1) is 10.9. The lowest BCUT2D eigenvalue weighted by atomic mass is 10.0. The summed E-state index contributed by atoms with van der Waals surface area (Å²) in [4.78, 5) is 11.7. The zero-order chi connectivity index (χ0) is 10.8. The summed E-state index contributed by atoms with van der Waals surface area (Å²) >= 11 is 0. The zero-order valence-corrected chi connectivity index (χ0v) is 9.54. The highest BCUT2D eigenvalue weighted by molar-refractivity contribution is 5.79. The molecule has 3 unspecified atom stereocenters. The average Bonchev–Trinajstić information content (AvgIpc) is 2.80. The fraction of sp³-hybridized carbons (Fsp3) is 0.917. The molecule has 3 atom stereocenters. The first-order valence-corrected chi connectivity index (χ1v) is 6.20. The van der Waals surface area contributed by atoms with E-state index in [1.54, 1.807) is 0 Å². The molecule has 0 aliphatic heterocycles. The summed E-state index contributed by atoms with van der Waals surface area (Å²) in [7, 11) is 0. The molecule has 2 fully saturated rings. The molecule has 0 aromatic heterocycles. The van der Waals surface area contributed by atoms with Gasteiger partial charge < -0.3 is 11.1 Å². The molecular weight excluding hydrogens is 188 g/mol. The van der Waals surface area contributed by atoms with Crippen LogP contribution in [0.5, 0.6) is 0 Å². The summed E-state index contributed by atoms with van der Waals surface area (Å²) in [5, 5.41) is 3.03. The molecule has 15 heavy (non-hydrogen) atoms. The lowest BCUT2D eigenvalue weighted by Gasteiger charge is -2.12. The molecule has 1 amide bonds. The van der Waals surface area contributed by atoms with Gasteiger partial charge in [0.2, 0.25) is 5.91 Å². The number of carbonyl (C=O) groups is 1. The Balaban J connectivity index is 1.57. The van der Waals surface area contributed by atoms with Gasteiger partial charge in [0.15, 0.2) is 0 Å². The van der Waals surface area contributed by atoms with E-state index in [1.807, 2.05) is 6.92 Å². The van der Waals surface area contributed by atoms with Crippen LogP contribution in [-0.2, 0) is 4.79 Å². The van der Waals surface area contributed by atoms with Crippen molar-refractivity contribution in [3.63, 3.8) is 0 Å². The van der Waals surface area contributed by atoms with E-state index in [1.165, 1.54) is 6.42 Å². The molecule has 0 radical (unpaired) electrons. The third-order valence-corrected chi connectivity index (χ3v) is 3.75. The quantitative estimate of drug-likeness (QED) is 0.672. The van der Waals surface area contributed by atoms with E-state index in [9.17, 15) is 4.79 Å². The second-order valence-electron chi connectivity index (χ2n) is 5.33. The monoisotopic (exact) mass is 210 g/mol. The SMILES string of the molecule is CC(N)CCCNC(=O)C1CC2CC2C1. The van der Waals surface area contributed by atoms with Gasteiger partial charge in [-0.1, -0.05) is 0 Å². The van der Waals surface area contributed by atoms with Gasteiger partial charge in [-0.05, 0) is 50.9 Å². The van der Waals surface area contributed by atoms with Crippen molar-refractivity contribution in [2.75, 3.05) is 6.54 Å². The summed E-state index contributed by atoms with van der Waals surface area (Å²) < 4.78 is 0. The topological polar surface area (TPSA) is 55.1 Å². The van der Waals surface area contributed by atoms with Crippen LogP contribution >= 0.6 is 0 Å². The molecule has 2 rings (SSSR count). The van der Waals surface area contributed by atoms with Crippen LogP contribution in [0.4, 0.5) is 0 Å². The van der Waals surface area contributed by atoms with Crippen LogP contribution in [-0.4, -0.2) is 18.5 Å². The molecule has 3 heteroatoms. The molecular formula is C12H22N2O. The number of rotatable bonds is 5. The van der Waals surface area contributed by atoms with Crippen LogP contribution < -0.4 is 11.1 Å². The van der Waals surface area contributed by atoms with Gasteiger partial charge in [0.1, 0.15) is 0 Å². The van der Waals surface area contributed by atoms with Gasteiger partial charge >= 0.3 is 0 Å². The summed E-state index contributed by atoms with van der Waals surface area (Å²) in [6.07, 6.45) is 5.67. The van der Waals surface area contributed by atoms with Crippen LogP contribution in [0, 0.1) is 17.8 Å². The molecule has 3 nitrogen and oxygen atoms in total. The van der Waals surface area contributed by atoms with Crippen LogP contribution in [0.3, 0.4) is 0 Å². The summed E-state index contributed by atoms with van der Waals surface area (Å²) in [5.74, 6) is 2.39. The lowest BCUT2D eigenvalue weighted by molar-refractivity contribution is -0.125. The van der Waals surface area contributed by atoms with Crippen molar-refractivity contribution >= 4 is 5.91 Å². The summed E-state index contributed by atoms with van der Waals surface area (Å²) in [6, 6.07) is 0.251. The highest BCUT2D eigenvalue weighted by Crippen LogP contribution is 2.54. The number of nitrogens with two attached hydrogens (primary N) is 1. The van der Waals surface area contributed by atoms with E-state index in [-0.39, 0.29) is 11.9 Å². The molecule has 0 saturated heterocycles. The third kappa shape index (κ3) is 2.94. The number of amides is 1. The van der Waals surface area contributed by atoms with Crippen LogP contribution in [0.25, 0.3) is 0 Å². The molecule has 2 aliphatic carbocycles. The molecule has 2 saturated carbocycles. The second-order valence-corrected chi connectivity index (χ2v) is 5.33. The van der Waals surface area contributed by atoms with Crippen molar-refractivity contribution in [3.8, 4) is 0 Å². The minimum absolute atomic E-state index is 0.251. The Bertz CT molecular complexity index is 230. The zero-order valence-electron chi connectivity index (χ0n) is 9.54. The fourth-order valence-corrected chi connectivity index (χ4v) is 2.71. The highest BCUT2D eigenvalue weighted by atomic mass is 16.1. The smallest absolute Gasteiger partial charge is 0.223 e. The van der Waals surface area contributed by atoms with E-state index in [2.05, 4.69) is 5.32 Å². The largest absolute Gasteiger partial charge is 0.356 e. The van der Waals surface area contributed by atoms with E-state index in [4.69, 9.17) is 5.73 Å². The molecule has 2 aliphatic rings. The van der Waals surface area contributed by atoms with Crippen LogP contribution in [0.1, 0.15) is 39.0 Å². The lowest BCUT2D eigenvalue weighted by Crippen LogP contribution is -2.31. The molecule has 0 spiro atoms. The second kappa shape index (κ2) is 4.52. The predicted octanol–water partition coefficient (Wildman–Crippen LogP) is 1.28. The van der Waals surface area contributed by atoms with Crippen molar-refractivity contribution in [2.24, 2.45) is 23.5 Å². The maximum atomic E-state index is 11.7. The van der Waals surface area contributed by atoms with E-state index in [0.29, 0.717) is 5.92 Å². The average molecular weight is 210 g/mol. The van der Waals surface area contributed by atoms with Gasteiger partial charge in [-0.2, -0.15) is 0 Å². The Morgan fingerprint density at radius 3 is 2.67 bits per heavy atom. The fourth-order valence-electron chi connectivity index (χ4n) is 2.71. The summed E-state index contributed by atoms with van der Waals surface area (Å²) in [5.41, 5.74) is 5.64. The third-order valence-electron chi connectivity index (χ3n) is 3.75. The maximum absolute atomic E-state index is 11.7. The normalized spacial score (nSPS) is 34.7. The molecule has 86 valence electrons. The number of hydrogen-bond donors (Lipinski definition) is 2. The van der Waals surface area contributed by atoms with Crippen molar-refractivity contribution in [2.45, 2.75) is 45.1 Å². The van der Waals surface area contributed by atoms with Crippen LogP contribution in [0.15, 0.2) is 0 Å². The molecule has 0 bridgehead atoms. The van der Waals surface area contributed by atoms with Gasteiger partial charge in [-0.15, -0.1) is 0 Å². The van der Waals surface area contributed by atoms with Gasteiger partial charge in [0, 0.05) is 18.5 Å². The molecule has 0 aromatic rings. The van der Waals surface area contributed by atoms with E-state index < -0.39 is 0 Å². The van der Waals surface area contributed by atoms with Gasteiger partial charge in [-0.25, -0.2) is 0 Å². The van der Waals surface area contributed by atoms with Gasteiger partial charge in [0.25, 0.3) is 0 Å². The first-order chi connectivity index (χ1) is 7.16. The predicted molar refractivity (Wildman–Crippen MR) is 60.2 cm³/mol. The standard InChI is InChI=1S/C12H22N2O/c1-8(13)3-2-4-14-12(15)11-6-9-5-10(9)7-11/h8-11H,2-7,13H2,1H3,(H,14,15). The molecule has 0 aromatic carbocycles. The van der Waals surface area contributed by atoms with Gasteiger partial charge in [-0.3, -0.25) is 4.79 Å². The first-order valence-electron chi connectivity index (χ1n) is 6.20. The Labute approximate surface area is 91.8 Å². The molecule has 3 N–H and O–H groups in total. The Morgan fingerprint density at radius 2 is 2.07 bits per heavy atom. The Morgan fingerprint density at radius 1 is 1.40 bits per heavy atom. The number of carbonyl (C=O) groups excluding carboxylic acids is 1. The minimum Gasteiger partial charge on any atom is -0.356 e. The number of fused-ring (bicyclic) bond motifs is 1. The van der Waals surface area contributed by atoms with E-state index in [0.717, 1.165) is 44.1 Å². The summed E-state index contributed by atoms with van der Waals surface area (Å²) in [6.45, 7) is 2.80. The van der Waals surface area contributed by atoms with E-state index >= 15 is 0 Å². The van der Waals surface area contributed by atoms with Gasteiger partial charge in [0.05, 0.1) is 0 Å². The number of hydrogen-bond acceptors (Lipinski definition) is 2. The Hall–Kier alpha value is -0.570. The Kier molecular flexibility index (Phi) is 3.29. The number of nitrogens with one attached hydrogen (secondary N) is 1. The van der Waals surface area contributed by atoms with Crippen molar-refractivity contribution in [1.82, 2.24) is 5.32 Å². The van der Waals surface area contributed by atoms with Crippen LogP contribution in [0.2, 0.25) is 0 Å².